The van der Waals surface area contributed by atoms with E-state index in [1.807, 2.05) is 24.3 Å². The summed E-state index contributed by atoms with van der Waals surface area (Å²) >= 11 is 0. The van der Waals surface area contributed by atoms with E-state index >= 15 is 0 Å². The largest absolute Gasteiger partial charge is 0.464 e. The molecule has 0 amide bonds. The van der Waals surface area contributed by atoms with E-state index in [2.05, 4.69) is 108 Å². The van der Waals surface area contributed by atoms with Crippen molar-refractivity contribution in [1.82, 2.24) is 9.61 Å². The van der Waals surface area contributed by atoms with Crippen LogP contribution in [-0.4, -0.2) is 9.61 Å². The molecule has 170 valence electrons. The second-order valence-corrected chi connectivity index (χ2v) is 8.89. The number of pyridine rings is 1. The summed E-state index contributed by atoms with van der Waals surface area (Å²) in [5, 5.41) is 7.63. The first-order valence-electron chi connectivity index (χ1n) is 12.1. The SMILES string of the molecule is c1ccc(-c2nn3c(-c4ccccc4)cc4ccccc4c3c2-c2cccc(-c3ccco3)c2)cc1. The minimum Gasteiger partial charge on any atom is -0.464 e. The lowest BCUT2D eigenvalue weighted by atomic mass is 9.95. The van der Waals surface area contributed by atoms with Crippen LogP contribution in [0.25, 0.3) is 61.3 Å². The Balaban J connectivity index is 1.63. The highest BCUT2D eigenvalue weighted by atomic mass is 16.3. The standard InChI is InChI=1S/C33H22N2O/c1-3-11-23(12-4-1)29-22-25-15-7-8-18-28(25)33-31(32(34-35(29)33)24-13-5-2-6-14-24)27-17-9-16-26(21-27)30-19-10-20-36-30/h1-22H. The summed E-state index contributed by atoms with van der Waals surface area (Å²) in [6.07, 6.45) is 1.71. The summed E-state index contributed by atoms with van der Waals surface area (Å²) in [5.74, 6) is 0.851. The molecule has 0 aliphatic rings. The quantitative estimate of drug-likeness (QED) is 0.262. The van der Waals surface area contributed by atoms with Crippen molar-refractivity contribution >= 4 is 16.3 Å². The second kappa shape index (κ2) is 8.40. The first-order valence-corrected chi connectivity index (χ1v) is 12.1. The third-order valence-corrected chi connectivity index (χ3v) is 6.70. The van der Waals surface area contributed by atoms with Crippen LogP contribution in [0.2, 0.25) is 0 Å². The molecule has 0 atom stereocenters. The van der Waals surface area contributed by atoms with Gasteiger partial charge in [-0.05, 0) is 35.2 Å². The van der Waals surface area contributed by atoms with Crippen LogP contribution in [0.4, 0.5) is 0 Å². The Hall–Kier alpha value is -4.89. The van der Waals surface area contributed by atoms with Crippen molar-refractivity contribution in [2.75, 3.05) is 0 Å². The number of aromatic nitrogens is 2. The molecule has 0 N–H and O–H groups in total. The highest BCUT2D eigenvalue weighted by Gasteiger charge is 2.21. The fourth-order valence-electron chi connectivity index (χ4n) is 5.04. The summed E-state index contributed by atoms with van der Waals surface area (Å²) in [4.78, 5) is 0. The molecule has 3 aromatic heterocycles. The molecule has 0 aliphatic carbocycles. The molecular formula is C33H22N2O. The Labute approximate surface area is 208 Å². The lowest BCUT2D eigenvalue weighted by molar-refractivity contribution is 0.582. The summed E-state index contributed by atoms with van der Waals surface area (Å²) < 4.78 is 7.84. The minimum absolute atomic E-state index is 0.851. The fourth-order valence-corrected chi connectivity index (χ4v) is 5.04. The topological polar surface area (TPSA) is 30.4 Å². The van der Waals surface area contributed by atoms with Gasteiger partial charge in [0.25, 0.3) is 0 Å². The molecule has 0 saturated heterocycles. The number of nitrogens with zero attached hydrogens (tertiary/aromatic N) is 2. The van der Waals surface area contributed by atoms with Crippen LogP contribution >= 0.6 is 0 Å². The van der Waals surface area contributed by atoms with Gasteiger partial charge in [-0.15, -0.1) is 0 Å². The molecule has 0 spiro atoms. The summed E-state index contributed by atoms with van der Waals surface area (Å²) in [7, 11) is 0. The Kier molecular flexibility index (Phi) is 4.78. The van der Waals surface area contributed by atoms with Gasteiger partial charge in [0, 0.05) is 27.6 Å². The van der Waals surface area contributed by atoms with Crippen molar-refractivity contribution in [3.8, 4) is 45.0 Å². The summed E-state index contributed by atoms with van der Waals surface area (Å²) in [5.41, 5.74) is 8.60. The van der Waals surface area contributed by atoms with Crippen molar-refractivity contribution < 1.29 is 4.42 Å². The van der Waals surface area contributed by atoms with E-state index < -0.39 is 0 Å². The van der Waals surface area contributed by atoms with Gasteiger partial charge < -0.3 is 4.42 Å². The van der Waals surface area contributed by atoms with E-state index in [1.54, 1.807) is 6.26 Å². The average molecular weight is 463 g/mol. The van der Waals surface area contributed by atoms with E-state index in [0.717, 1.165) is 50.5 Å². The maximum absolute atomic E-state index is 5.72. The molecule has 7 aromatic rings. The van der Waals surface area contributed by atoms with E-state index in [1.165, 1.54) is 10.8 Å². The highest BCUT2D eigenvalue weighted by molar-refractivity contribution is 6.08. The zero-order valence-electron chi connectivity index (χ0n) is 19.5. The molecule has 0 bridgehead atoms. The van der Waals surface area contributed by atoms with Crippen LogP contribution in [0.15, 0.2) is 138 Å². The first-order chi connectivity index (χ1) is 17.9. The smallest absolute Gasteiger partial charge is 0.133 e. The van der Waals surface area contributed by atoms with Crippen LogP contribution in [-0.2, 0) is 0 Å². The number of hydrogen-bond acceptors (Lipinski definition) is 2. The zero-order chi connectivity index (χ0) is 23.9. The Bertz CT molecular complexity index is 1820. The minimum atomic E-state index is 0.851. The third-order valence-electron chi connectivity index (χ3n) is 6.70. The van der Waals surface area contributed by atoms with Crippen molar-refractivity contribution in [2.45, 2.75) is 0 Å². The maximum Gasteiger partial charge on any atom is 0.133 e. The molecule has 36 heavy (non-hydrogen) atoms. The van der Waals surface area contributed by atoms with Gasteiger partial charge in [-0.25, -0.2) is 4.52 Å². The number of furan rings is 1. The normalized spacial score (nSPS) is 11.3. The molecule has 3 heterocycles. The average Bonchev–Trinajstić information content (AvgIpc) is 3.63. The van der Waals surface area contributed by atoms with Crippen LogP contribution < -0.4 is 0 Å². The first kappa shape index (κ1) is 20.5. The molecule has 0 saturated carbocycles. The van der Waals surface area contributed by atoms with Gasteiger partial charge in [-0.1, -0.05) is 103 Å². The van der Waals surface area contributed by atoms with E-state index in [9.17, 15) is 0 Å². The number of benzene rings is 4. The summed E-state index contributed by atoms with van der Waals surface area (Å²) in [6, 6.07) is 44.2. The van der Waals surface area contributed by atoms with Gasteiger partial charge >= 0.3 is 0 Å². The van der Waals surface area contributed by atoms with E-state index in [4.69, 9.17) is 9.52 Å². The van der Waals surface area contributed by atoms with Gasteiger partial charge in [-0.3, -0.25) is 0 Å². The van der Waals surface area contributed by atoms with Crippen LogP contribution in [0.3, 0.4) is 0 Å². The number of fused-ring (bicyclic) bond motifs is 3. The lowest BCUT2D eigenvalue weighted by Gasteiger charge is -2.11. The number of rotatable bonds is 4. The predicted octanol–water partition coefficient (Wildman–Crippen LogP) is 8.75. The Morgan fingerprint density at radius 1 is 0.556 bits per heavy atom. The van der Waals surface area contributed by atoms with E-state index in [-0.39, 0.29) is 0 Å². The van der Waals surface area contributed by atoms with Gasteiger partial charge in [0.15, 0.2) is 0 Å². The summed E-state index contributed by atoms with van der Waals surface area (Å²) in [6.45, 7) is 0. The highest BCUT2D eigenvalue weighted by Crippen LogP contribution is 2.41. The monoisotopic (exact) mass is 462 g/mol. The molecular weight excluding hydrogens is 440 g/mol. The fraction of sp³-hybridized carbons (Fsp3) is 0. The van der Waals surface area contributed by atoms with Crippen molar-refractivity contribution in [1.29, 1.82) is 0 Å². The molecule has 4 aromatic carbocycles. The van der Waals surface area contributed by atoms with E-state index in [0.29, 0.717) is 0 Å². The van der Waals surface area contributed by atoms with Crippen LogP contribution in [0.1, 0.15) is 0 Å². The van der Waals surface area contributed by atoms with Crippen molar-refractivity contribution in [2.24, 2.45) is 0 Å². The second-order valence-electron chi connectivity index (χ2n) is 8.89. The molecule has 3 heteroatoms. The van der Waals surface area contributed by atoms with Gasteiger partial charge in [0.1, 0.15) is 11.5 Å². The van der Waals surface area contributed by atoms with Gasteiger partial charge in [0.2, 0.25) is 0 Å². The molecule has 0 aliphatic heterocycles. The predicted molar refractivity (Wildman–Crippen MR) is 147 cm³/mol. The van der Waals surface area contributed by atoms with Crippen molar-refractivity contribution in [3.05, 3.63) is 134 Å². The zero-order valence-corrected chi connectivity index (χ0v) is 19.5. The van der Waals surface area contributed by atoms with Crippen molar-refractivity contribution in [3.63, 3.8) is 0 Å². The molecule has 7 rings (SSSR count). The molecule has 0 fully saturated rings. The van der Waals surface area contributed by atoms with Gasteiger partial charge in [0.05, 0.1) is 17.5 Å². The molecule has 0 unspecified atom stereocenters. The maximum atomic E-state index is 5.72. The Morgan fingerprint density at radius 3 is 2.03 bits per heavy atom. The molecule has 0 radical (unpaired) electrons. The third kappa shape index (κ3) is 3.33. The number of hydrogen-bond donors (Lipinski definition) is 0. The van der Waals surface area contributed by atoms with Crippen LogP contribution in [0.5, 0.6) is 0 Å². The molecule has 3 nitrogen and oxygen atoms in total. The van der Waals surface area contributed by atoms with Gasteiger partial charge in [-0.2, -0.15) is 5.10 Å². The Morgan fingerprint density at radius 2 is 1.25 bits per heavy atom. The lowest BCUT2D eigenvalue weighted by Crippen LogP contribution is -1.95. The van der Waals surface area contributed by atoms with Crippen LogP contribution in [0, 0.1) is 0 Å².